The van der Waals surface area contributed by atoms with Crippen LogP contribution in [-0.4, -0.2) is 18.6 Å². The van der Waals surface area contributed by atoms with Crippen LogP contribution in [0.3, 0.4) is 0 Å². The first-order valence-corrected chi connectivity index (χ1v) is 6.39. The van der Waals surface area contributed by atoms with E-state index >= 15 is 0 Å². The summed E-state index contributed by atoms with van der Waals surface area (Å²) < 4.78 is 13.1. The van der Waals surface area contributed by atoms with Crippen LogP contribution in [0, 0.1) is 12.7 Å². The molecular weight excluding hydrogens is 235 g/mol. The first-order chi connectivity index (χ1) is 8.20. The molecular formula is C13H15FN2S. The third-order valence-electron chi connectivity index (χ3n) is 2.58. The number of aryl methyl sites for hydroxylation is 1. The maximum atomic E-state index is 13.1. The molecule has 1 aromatic heterocycles. The van der Waals surface area contributed by atoms with Crippen molar-refractivity contribution in [3.63, 3.8) is 0 Å². The van der Waals surface area contributed by atoms with Gasteiger partial charge in [-0.2, -0.15) is 0 Å². The molecule has 1 aromatic carbocycles. The summed E-state index contributed by atoms with van der Waals surface area (Å²) in [6.45, 7) is 2.97. The zero-order chi connectivity index (χ0) is 12.3. The minimum Gasteiger partial charge on any atom is -0.319 e. The summed E-state index contributed by atoms with van der Waals surface area (Å²) in [6.07, 6.45) is 0.911. The van der Waals surface area contributed by atoms with Gasteiger partial charge in [-0.3, -0.25) is 0 Å². The molecule has 0 unspecified atom stereocenters. The lowest BCUT2D eigenvalue weighted by molar-refractivity contribution is 0.628. The maximum Gasteiger partial charge on any atom is 0.123 e. The zero-order valence-electron chi connectivity index (χ0n) is 9.96. The highest BCUT2D eigenvalue weighted by molar-refractivity contribution is 7.15. The number of nitrogens with one attached hydrogen (secondary N) is 1. The van der Waals surface area contributed by atoms with Crippen molar-refractivity contribution >= 4 is 11.3 Å². The number of likely N-dealkylation sites (N-methyl/N-ethyl adjacent to an activating group) is 1. The van der Waals surface area contributed by atoms with E-state index in [0.29, 0.717) is 0 Å². The molecule has 0 bridgehead atoms. The van der Waals surface area contributed by atoms with Gasteiger partial charge >= 0.3 is 0 Å². The van der Waals surface area contributed by atoms with Crippen LogP contribution < -0.4 is 5.32 Å². The fourth-order valence-electron chi connectivity index (χ4n) is 1.65. The minimum atomic E-state index is -0.216. The second kappa shape index (κ2) is 5.38. The van der Waals surface area contributed by atoms with E-state index < -0.39 is 0 Å². The molecule has 2 aromatic rings. The van der Waals surface area contributed by atoms with E-state index in [1.165, 1.54) is 17.0 Å². The molecule has 1 N–H and O–H groups in total. The van der Waals surface area contributed by atoms with E-state index in [-0.39, 0.29) is 5.82 Å². The number of thiazole rings is 1. The fraction of sp³-hybridized carbons (Fsp3) is 0.308. The van der Waals surface area contributed by atoms with Crippen LogP contribution >= 0.6 is 11.3 Å². The molecule has 0 saturated carbocycles. The number of hydrogen-bond donors (Lipinski definition) is 1. The van der Waals surface area contributed by atoms with Gasteiger partial charge in [-0.05, 0) is 26.1 Å². The van der Waals surface area contributed by atoms with Crippen LogP contribution in [0.15, 0.2) is 24.3 Å². The van der Waals surface area contributed by atoms with E-state index in [0.717, 1.165) is 29.2 Å². The van der Waals surface area contributed by atoms with Gasteiger partial charge in [0.15, 0.2) is 0 Å². The Morgan fingerprint density at radius 3 is 2.94 bits per heavy atom. The average Bonchev–Trinajstić information content (AvgIpc) is 2.68. The molecule has 2 nitrogen and oxygen atoms in total. The molecule has 0 aliphatic carbocycles. The molecule has 0 aliphatic heterocycles. The fourth-order valence-corrected chi connectivity index (χ4v) is 2.60. The third-order valence-corrected chi connectivity index (χ3v) is 3.64. The highest BCUT2D eigenvalue weighted by Crippen LogP contribution is 2.28. The molecule has 17 heavy (non-hydrogen) atoms. The van der Waals surface area contributed by atoms with E-state index in [9.17, 15) is 4.39 Å². The van der Waals surface area contributed by atoms with Crippen LogP contribution in [0.1, 0.15) is 10.6 Å². The zero-order valence-corrected chi connectivity index (χ0v) is 10.8. The van der Waals surface area contributed by atoms with Gasteiger partial charge in [0.25, 0.3) is 0 Å². The Balaban J connectivity index is 2.28. The molecule has 0 saturated heterocycles. The number of hydrogen-bond acceptors (Lipinski definition) is 3. The SMILES string of the molecule is CNCCc1nc(-c2cccc(F)c2)sc1C. The average molecular weight is 250 g/mol. The van der Waals surface area contributed by atoms with Crippen molar-refractivity contribution in [1.82, 2.24) is 10.3 Å². The van der Waals surface area contributed by atoms with Gasteiger partial charge in [-0.15, -0.1) is 11.3 Å². The Bertz CT molecular complexity index is 508. The Morgan fingerprint density at radius 2 is 2.24 bits per heavy atom. The molecule has 2 rings (SSSR count). The first-order valence-electron chi connectivity index (χ1n) is 5.57. The smallest absolute Gasteiger partial charge is 0.123 e. The lowest BCUT2D eigenvalue weighted by Gasteiger charge is -1.97. The van der Waals surface area contributed by atoms with Crippen LogP contribution in [0.2, 0.25) is 0 Å². The summed E-state index contributed by atoms with van der Waals surface area (Å²) in [7, 11) is 1.93. The van der Waals surface area contributed by atoms with Gasteiger partial charge in [0.2, 0.25) is 0 Å². The topological polar surface area (TPSA) is 24.9 Å². The largest absolute Gasteiger partial charge is 0.319 e. The second-order valence-electron chi connectivity index (χ2n) is 3.89. The van der Waals surface area contributed by atoms with Crippen molar-refractivity contribution in [2.24, 2.45) is 0 Å². The predicted molar refractivity (Wildman–Crippen MR) is 69.9 cm³/mol. The molecule has 0 spiro atoms. The van der Waals surface area contributed by atoms with Gasteiger partial charge in [0.05, 0.1) is 5.69 Å². The standard InChI is InChI=1S/C13H15FN2S/c1-9-12(6-7-15-2)16-13(17-9)10-4-3-5-11(14)8-10/h3-5,8,15H,6-7H2,1-2H3. The molecule has 0 atom stereocenters. The molecule has 0 aliphatic rings. The quantitative estimate of drug-likeness (QED) is 0.902. The Kier molecular flexibility index (Phi) is 3.86. The van der Waals surface area contributed by atoms with Crippen LogP contribution in [0.4, 0.5) is 4.39 Å². The normalized spacial score (nSPS) is 10.8. The molecule has 0 amide bonds. The van der Waals surface area contributed by atoms with Crippen molar-refractivity contribution in [3.05, 3.63) is 40.7 Å². The number of nitrogens with zero attached hydrogens (tertiary/aromatic N) is 1. The maximum absolute atomic E-state index is 13.1. The number of rotatable bonds is 4. The number of benzene rings is 1. The van der Waals surface area contributed by atoms with Crippen molar-refractivity contribution < 1.29 is 4.39 Å². The monoisotopic (exact) mass is 250 g/mol. The van der Waals surface area contributed by atoms with E-state index in [1.54, 1.807) is 17.4 Å². The van der Waals surface area contributed by atoms with Crippen LogP contribution in [0.5, 0.6) is 0 Å². The summed E-state index contributed by atoms with van der Waals surface area (Å²) >= 11 is 1.62. The van der Waals surface area contributed by atoms with Crippen molar-refractivity contribution in [1.29, 1.82) is 0 Å². The summed E-state index contributed by atoms with van der Waals surface area (Å²) in [6, 6.07) is 6.59. The van der Waals surface area contributed by atoms with Crippen molar-refractivity contribution in [2.45, 2.75) is 13.3 Å². The molecule has 0 radical (unpaired) electrons. The van der Waals surface area contributed by atoms with Gasteiger partial charge in [-0.25, -0.2) is 9.37 Å². The molecule has 4 heteroatoms. The predicted octanol–water partition coefficient (Wildman–Crippen LogP) is 3.02. The van der Waals surface area contributed by atoms with E-state index in [4.69, 9.17) is 0 Å². The lowest BCUT2D eigenvalue weighted by Crippen LogP contribution is -2.10. The highest BCUT2D eigenvalue weighted by atomic mass is 32.1. The first kappa shape index (κ1) is 12.2. The third kappa shape index (κ3) is 2.90. The van der Waals surface area contributed by atoms with Gasteiger partial charge < -0.3 is 5.32 Å². The van der Waals surface area contributed by atoms with Crippen LogP contribution in [0.25, 0.3) is 10.6 Å². The van der Waals surface area contributed by atoms with Gasteiger partial charge in [0.1, 0.15) is 10.8 Å². The van der Waals surface area contributed by atoms with E-state index in [1.807, 2.05) is 13.1 Å². The summed E-state index contributed by atoms with van der Waals surface area (Å²) in [5, 5.41) is 4.00. The Labute approximate surface area is 105 Å². The lowest BCUT2D eigenvalue weighted by atomic mass is 10.2. The Morgan fingerprint density at radius 1 is 1.41 bits per heavy atom. The molecule has 0 fully saturated rings. The second-order valence-corrected chi connectivity index (χ2v) is 5.09. The van der Waals surface area contributed by atoms with Gasteiger partial charge in [-0.1, -0.05) is 12.1 Å². The number of halogens is 1. The number of aromatic nitrogens is 1. The molecule has 90 valence electrons. The summed E-state index contributed by atoms with van der Waals surface area (Å²) in [5.74, 6) is -0.216. The van der Waals surface area contributed by atoms with Crippen molar-refractivity contribution in [2.75, 3.05) is 13.6 Å². The highest BCUT2D eigenvalue weighted by Gasteiger charge is 2.09. The van der Waals surface area contributed by atoms with Crippen molar-refractivity contribution in [3.8, 4) is 10.6 Å². The molecule has 1 heterocycles. The Hall–Kier alpha value is -1.26. The summed E-state index contributed by atoms with van der Waals surface area (Å²) in [4.78, 5) is 5.78. The minimum absolute atomic E-state index is 0.216. The van der Waals surface area contributed by atoms with Gasteiger partial charge in [0, 0.05) is 23.4 Å². The van der Waals surface area contributed by atoms with Crippen LogP contribution in [-0.2, 0) is 6.42 Å². The summed E-state index contributed by atoms with van der Waals surface area (Å²) in [5.41, 5.74) is 1.96. The van der Waals surface area contributed by atoms with E-state index in [2.05, 4.69) is 17.2 Å².